The van der Waals surface area contributed by atoms with Crippen molar-refractivity contribution in [2.24, 2.45) is 5.92 Å². The molecule has 1 atom stereocenters. The molecule has 0 saturated heterocycles. The van der Waals surface area contributed by atoms with E-state index in [-0.39, 0.29) is 18.4 Å². The topological polar surface area (TPSA) is 85.9 Å². The number of benzene rings is 1. The maximum absolute atomic E-state index is 12.3. The van der Waals surface area contributed by atoms with E-state index in [1.165, 1.54) is 0 Å². The molecule has 0 heterocycles. The van der Waals surface area contributed by atoms with Crippen molar-refractivity contribution < 1.29 is 23.8 Å². The Balaban J connectivity index is 2.63. The number of carbonyl (C=O) groups is 2. The standard InChI is InChI=1S/C21H34N2O5/c1-14(2)10-16(23-20(25)28-21(3,4)5)13-22-19(24)12-15-8-9-17(26-6)18(11-15)27-7/h8-9,11,14,16H,10,12-13H2,1-7H3,(H,22,24)(H,23,25)/t16-/m0/s1. The molecule has 0 unspecified atom stereocenters. The van der Waals surface area contributed by atoms with E-state index in [0.29, 0.717) is 24.0 Å². The number of ether oxygens (including phenoxy) is 3. The molecule has 0 saturated carbocycles. The van der Waals surface area contributed by atoms with Crippen LogP contribution in [0, 0.1) is 5.92 Å². The summed E-state index contributed by atoms with van der Waals surface area (Å²) in [5.74, 6) is 1.43. The maximum Gasteiger partial charge on any atom is 0.407 e. The summed E-state index contributed by atoms with van der Waals surface area (Å²) < 4.78 is 15.8. The van der Waals surface area contributed by atoms with Gasteiger partial charge in [-0.3, -0.25) is 4.79 Å². The number of amides is 2. The molecule has 0 spiro atoms. The third-order valence-electron chi connectivity index (χ3n) is 3.84. The first-order valence-corrected chi connectivity index (χ1v) is 9.51. The Morgan fingerprint density at radius 2 is 1.71 bits per heavy atom. The van der Waals surface area contributed by atoms with Gasteiger partial charge in [-0.15, -0.1) is 0 Å². The van der Waals surface area contributed by atoms with Crippen molar-refractivity contribution >= 4 is 12.0 Å². The third kappa shape index (κ3) is 8.97. The molecule has 2 amide bonds. The second-order valence-electron chi connectivity index (χ2n) is 8.14. The van der Waals surface area contributed by atoms with Crippen molar-refractivity contribution in [1.82, 2.24) is 10.6 Å². The Hall–Kier alpha value is -2.44. The predicted octanol–water partition coefficient (Wildman–Crippen LogP) is 3.30. The minimum atomic E-state index is -0.566. The van der Waals surface area contributed by atoms with E-state index in [4.69, 9.17) is 14.2 Å². The fraction of sp³-hybridized carbons (Fsp3) is 0.619. The lowest BCUT2D eigenvalue weighted by Gasteiger charge is -2.25. The molecule has 0 aliphatic heterocycles. The minimum absolute atomic E-state index is 0.132. The Morgan fingerprint density at radius 3 is 2.25 bits per heavy atom. The fourth-order valence-corrected chi connectivity index (χ4v) is 2.71. The summed E-state index contributed by atoms with van der Waals surface area (Å²) in [5.41, 5.74) is 0.249. The summed E-state index contributed by atoms with van der Waals surface area (Å²) in [6.07, 6.45) is 0.462. The van der Waals surface area contributed by atoms with Crippen molar-refractivity contribution in [2.75, 3.05) is 20.8 Å². The van der Waals surface area contributed by atoms with Crippen LogP contribution in [0.4, 0.5) is 4.79 Å². The lowest BCUT2D eigenvalue weighted by molar-refractivity contribution is -0.120. The fourth-order valence-electron chi connectivity index (χ4n) is 2.71. The number of carbonyl (C=O) groups excluding carboxylic acids is 2. The number of rotatable bonds is 9. The van der Waals surface area contributed by atoms with Gasteiger partial charge in [0.1, 0.15) is 5.60 Å². The summed E-state index contributed by atoms with van der Waals surface area (Å²) in [5, 5.41) is 5.73. The molecule has 28 heavy (non-hydrogen) atoms. The Kier molecular flexibility index (Phi) is 9.09. The van der Waals surface area contributed by atoms with Gasteiger partial charge in [-0.2, -0.15) is 0 Å². The first-order chi connectivity index (χ1) is 13.0. The summed E-state index contributed by atoms with van der Waals surface area (Å²) in [7, 11) is 3.12. The summed E-state index contributed by atoms with van der Waals surface area (Å²) in [4.78, 5) is 24.4. The number of alkyl carbamates (subject to hydrolysis) is 1. The molecule has 0 aliphatic carbocycles. The van der Waals surface area contributed by atoms with Crippen LogP contribution in [0.5, 0.6) is 11.5 Å². The third-order valence-corrected chi connectivity index (χ3v) is 3.84. The summed E-state index contributed by atoms with van der Waals surface area (Å²) >= 11 is 0. The number of hydrogen-bond donors (Lipinski definition) is 2. The van der Waals surface area contributed by atoms with Crippen molar-refractivity contribution in [3.05, 3.63) is 23.8 Å². The molecule has 0 radical (unpaired) electrons. The molecule has 0 bridgehead atoms. The highest BCUT2D eigenvalue weighted by atomic mass is 16.6. The van der Waals surface area contributed by atoms with Crippen LogP contribution in [-0.2, 0) is 16.0 Å². The zero-order chi connectivity index (χ0) is 21.3. The first-order valence-electron chi connectivity index (χ1n) is 9.51. The van der Waals surface area contributed by atoms with Gasteiger partial charge in [-0.1, -0.05) is 19.9 Å². The lowest BCUT2D eigenvalue weighted by atomic mass is 10.0. The quantitative estimate of drug-likeness (QED) is 0.671. The van der Waals surface area contributed by atoms with Gasteiger partial charge in [0.05, 0.1) is 20.6 Å². The highest BCUT2D eigenvalue weighted by Crippen LogP contribution is 2.27. The van der Waals surface area contributed by atoms with E-state index in [1.54, 1.807) is 26.4 Å². The number of nitrogens with one attached hydrogen (secondary N) is 2. The highest BCUT2D eigenvalue weighted by molar-refractivity contribution is 5.79. The zero-order valence-corrected chi connectivity index (χ0v) is 18.0. The van der Waals surface area contributed by atoms with Crippen LogP contribution in [0.15, 0.2) is 18.2 Å². The molecule has 1 aromatic carbocycles. The normalized spacial score (nSPS) is 12.3. The van der Waals surface area contributed by atoms with Crippen LogP contribution in [0.2, 0.25) is 0 Å². The second-order valence-corrected chi connectivity index (χ2v) is 8.14. The molecule has 7 heteroatoms. The Bertz CT molecular complexity index is 653. The zero-order valence-electron chi connectivity index (χ0n) is 18.0. The SMILES string of the molecule is COc1ccc(CC(=O)NC[C@H](CC(C)C)NC(=O)OC(C)(C)C)cc1OC. The smallest absolute Gasteiger partial charge is 0.407 e. The summed E-state index contributed by atoms with van der Waals surface area (Å²) in [6.45, 7) is 9.91. The molecular weight excluding hydrogens is 360 g/mol. The van der Waals surface area contributed by atoms with Gasteiger partial charge in [0.15, 0.2) is 11.5 Å². The van der Waals surface area contributed by atoms with Crippen LogP contribution < -0.4 is 20.1 Å². The maximum atomic E-state index is 12.3. The Morgan fingerprint density at radius 1 is 1.07 bits per heavy atom. The van der Waals surface area contributed by atoms with Gasteiger partial charge in [-0.05, 0) is 50.8 Å². The second kappa shape index (κ2) is 10.8. The monoisotopic (exact) mass is 394 g/mol. The van der Waals surface area contributed by atoms with E-state index < -0.39 is 11.7 Å². The van der Waals surface area contributed by atoms with Crippen molar-refractivity contribution in [3.63, 3.8) is 0 Å². The molecule has 7 nitrogen and oxygen atoms in total. The molecule has 1 aromatic rings. The molecule has 2 N–H and O–H groups in total. The van der Waals surface area contributed by atoms with Crippen LogP contribution in [0.1, 0.15) is 46.6 Å². The van der Waals surface area contributed by atoms with Crippen LogP contribution in [0.25, 0.3) is 0 Å². The molecule has 0 aromatic heterocycles. The first kappa shape index (κ1) is 23.6. The van der Waals surface area contributed by atoms with Gasteiger partial charge < -0.3 is 24.8 Å². The van der Waals surface area contributed by atoms with Crippen LogP contribution in [0.3, 0.4) is 0 Å². The molecule has 1 rings (SSSR count). The molecule has 0 fully saturated rings. The molecule has 158 valence electrons. The van der Waals surface area contributed by atoms with E-state index >= 15 is 0 Å². The Labute approximate surface area is 168 Å². The van der Waals surface area contributed by atoms with E-state index in [1.807, 2.05) is 26.8 Å². The lowest BCUT2D eigenvalue weighted by Crippen LogP contribution is -2.46. The summed E-state index contributed by atoms with van der Waals surface area (Å²) in [6, 6.07) is 5.17. The average molecular weight is 395 g/mol. The van der Waals surface area contributed by atoms with Gasteiger partial charge in [0, 0.05) is 12.6 Å². The largest absolute Gasteiger partial charge is 0.493 e. The number of hydrogen-bond acceptors (Lipinski definition) is 5. The van der Waals surface area contributed by atoms with Gasteiger partial charge in [0.2, 0.25) is 5.91 Å². The van der Waals surface area contributed by atoms with Crippen molar-refractivity contribution in [1.29, 1.82) is 0 Å². The predicted molar refractivity (Wildman–Crippen MR) is 109 cm³/mol. The van der Waals surface area contributed by atoms with Crippen molar-refractivity contribution in [2.45, 2.75) is 59.1 Å². The molecule has 0 aliphatic rings. The van der Waals surface area contributed by atoms with Crippen LogP contribution >= 0.6 is 0 Å². The van der Waals surface area contributed by atoms with Gasteiger partial charge in [0.25, 0.3) is 0 Å². The van der Waals surface area contributed by atoms with E-state index in [9.17, 15) is 9.59 Å². The van der Waals surface area contributed by atoms with Gasteiger partial charge in [-0.25, -0.2) is 4.79 Å². The van der Waals surface area contributed by atoms with E-state index in [0.717, 1.165) is 12.0 Å². The van der Waals surface area contributed by atoms with Crippen LogP contribution in [-0.4, -0.2) is 44.4 Å². The minimum Gasteiger partial charge on any atom is -0.493 e. The van der Waals surface area contributed by atoms with Gasteiger partial charge >= 0.3 is 6.09 Å². The highest BCUT2D eigenvalue weighted by Gasteiger charge is 2.20. The van der Waals surface area contributed by atoms with Crippen molar-refractivity contribution in [3.8, 4) is 11.5 Å². The van der Waals surface area contributed by atoms with E-state index in [2.05, 4.69) is 24.5 Å². The molecular formula is C21H34N2O5. The number of methoxy groups -OCH3 is 2. The average Bonchev–Trinajstić information content (AvgIpc) is 2.57.